The lowest BCUT2D eigenvalue weighted by molar-refractivity contribution is -0.133. The van der Waals surface area contributed by atoms with E-state index in [9.17, 15) is 9.59 Å². The molecule has 0 unspecified atom stereocenters. The average molecular weight is 295 g/mol. The Hall–Kier alpha value is -1.75. The smallest absolute Gasteiger partial charge is 0.331 e. The minimum Gasteiger partial charge on any atom is -0.423 e. The van der Waals surface area contributed by atoms with Crippen molar-refractivity contribution in [2.75, 3.05) is 31.1 Å². The van der Waals surface area contributed by atoms with Crippen molar-refractivity contribution in [1.82, 2.24) is 4.90 Å². The fraction of sp³-hybridized carbons (Fsp3) is 0.429. The number of anilines is 1. The Morgan fingerprint density at radius 1 is 1.30 bits per heavy atom. The van der Waals surface area contributed by atoms with E-state index in [0.29, 0.717) is 16.5 Å². The molecular formula is C14H15ClN2O3. The maximum absolute atomic E-state index is 12.2. The lowest BCUT2D eigenvalue weighted by Crippen LogP contribution is -2.44. The summed E-state index contributed by atoms with van der Waals surface area (Å²) in [7, 11) is 0. The average Bonchev–Trinajstić information content (AvgIpc) is 2.93. The van der Waals surface area contributed by atoms with Crippen LogP contribution in [0, 0.1) is 0 Å². The molecule has 0 N–H and O–H groups in total. The summed E-state index contributed by atoms with van der Waals surface area (Å²) in [5.74, 6) is 0.150. The fourth-order valence-corrected chi connectivity index (χ4v) is 2.76. The normalized spacial score (nSPS) is 17.9. The van der Waals surface area contributed by atoms with Crippen molar-refractivity contribution in [2.24, 2.45) is 0 Å². The number of carbonyl (C=O) groups is 2. The van der Waals surface area contributed by atoms with Crippen molar-refractivity contribution < 1.29 is 14.3 Å². The molecule has 0 saturated carbocycles. The number of benzene rings is 1. The van der Waals surface area contributed by atoms with Gasteiger partial charge in [0.05, 0.1) is 12.2 Å². The zero-order valence-electron chi connectivity index (χ0n) is 11.0. The molecule has 0 radical (unpaired) electrons. The third-order valence-corrected chi connectivity index (χ3v) is 3.83. The van der Waals surface area contributed by atoms with E-state index in [1.54, 1.807) is 23.1 Å². The van der Waals surface area contributed by atoms with Crippen molar-refractivity contribution in [3.05, 3.63) is 23.2 Å². The van der Waals surface area contributed by atoms with Crippen molar-refractivity contribution in [3.63, 3.8) is 0 Å². The third kappa shape index (κ3) is 2.58. The molecule has 106 valence electrons. The number of carbonyl (C=O) groups excluding carboxylic acids is 2. The Morgan fingerprint density at radius 3 is 2.80 bits per heavy atom. The molecule has 0 bridgehead atoms. The van der Waals surface area contributed by atoms with Gasteiger partial charge in [0.1, 0.15) is 6.54 Å². The lowest BCUT2D eigenvalue weighted by atomic mass is 10.2. The summed E-state index contributed by atoms with van der Waals surface area (Å²) in [6, 6.07) is 5.04. The minimum absolute atomic E-state index is 0.0446. The Balaban J connectivity index is 1.81. The van der Waals surface area contributed by atoms with Gasteiger partial charge in [-0.05, 0) is 31.0 Å². The second-order valence-electron chi connectivity index (χ2n) is 5.03. The van der Waals surface area contributed by atoms with Crippen LogP contribution in [0.4, 0.5) is 5.69 Å². The van der Waals surface area contributed by atoms with Crippen LogP contribution in [0.5, 0.6) is 5.75 Å². The molecule has 2 heterocycles. The van der Waals surface area contributed by atoms with E-state index >= 15 is 0 Å². The fourth-order valence-electron chi connectivity index (χ4n) is 2.59. The number of ether oxygens (including phenoxy) is 1. The van der Waals surface area contributed by atoms with E-state index in [1.165, 1.54) is 0 Å². The molecule has 1 fully saturated rings. The van der Waals surface area contributed by atoms with Gasteiger partial charge in [-0.1, -0.05) is 11.6 Å². The standard InChI is InChI=1S/C14H15ClN2O3/c15-10-3-4-12-11(7-10)17(9-14(19)20-12)8-13(18)16-5-1-2-6-16/h3-4,7H,1-2,5-6,8-9H2. The molecule has 0 spiro atoms. The van der Waals surface area contributed by atoms with Crippen LogP contribution in [0.25, 0.3) is 0 Å². The van der Waals surface area contributed by atoms with Gasteiger partial charge in [-0.2, -0.15) is 0 Å². The number of rotatable bonds is 2. The van der Waals surface area contributed by atoms with E-state index in [1.807, 2.05) is 4.90 Å². The highest BCUT2D eigenvalue weighted by atomic mass is 35.5. The molecule has 5 nitrogen and oxygen atoms in total. The molecule has 0 atom stereocenters. The molecule has 20 heavy (non-hydrogen) atoms. The van der Waals surface area contributed by atoms with E-state index in [0.717, 1.165) is 25.9 Å². The first kappa shape index (κ1) is 13.2. The van der Waals surface area contributed by atoms with Crippen LogP contribution >= 0.6 is 11.6 Å². The second-order valence-corrected chi connectivity index (χ2v) is 5.47. The Bertz CT molecular complexity index is 555. The number of nitrogens with zero attached hydrogens (tertiary/aromatic N) is 2. The topological polar surface area (TPSA) is 49.9 Å². The summed E-state index contributed by atoms with van der Waals surface area (Å²) in [6.45, 7) is 1.87. The highest BCUT2D eigenvalue weighted by Gasteiger charge is 2.28. The van der Waals surface area contributed by atoms with Crippen molar-refractivity contribution in [1.29, 1.82) is 0 Å². The van der Waals surface area contributed by atoms with Gasteiger partial charge in [-0.3, -0.25) is 4.79 Å². The number of likely N-dealkylation sites (tertiary alicyclic amines) is 1. The first-order valence-electron chi connectivity index (χ1n) is 6.66. The molecule has 0 aliphatic carbocycles. The first-order chi connectivity index (χ1) is 9.63. The van der Waals surface area contributed by atoms with Crippen LogP contribution in [-0.4, -0.2) is 43.0 Å². The number of esters is 1. The predicted molar refractivity (Wildman–Crippen MR) is 75.1 cm³/mol. The monoisotopic (exact) mass is 294 g/mol. The number of hydrogen-bond acceptors (Lipinski definition) is 4. The van der Waals surface area contributed by atoms with E-state index in [4.69, 9.17) is 16.3 Å². The van der Waals surface area contributed by atoms with E-state index in [-0.39, 0.29) is 25.0 Å². The van der Waals surface area contributed by atoms with Crippen molar-refractivity contribution >= 4 is 29.2 Å². The maximum atomic E-state index is 12.2. The molecule has 6 heteroatoms. The highest BCUT2D eigenvalue weighted by molar-refractivity contribution is 6.31. The first-order valence-corrected chi connectivity index (χ1v) is 7.04. The highest BCUT2D eigenvalue weighted by Crippen LogP contribution is 2.34. The van der Waals surface area contributed by atoms with Gasteiger partial charge in [0.15, 0.2) is 5.75 Å². The zero-order valence-corrected chi connectivity index (χ0v) is 11.7. The maximum Gasteiger partial charge on any atom is 0.331 e. The Labute approximate surface area is 122 Å². The molecule has 0 aromatic heterocycles. The molecule has 1 saturated heterocycles. The largest absolute Gasteiger partial charge is 0.423 e. The summed E-state index contributed by atoms with van der Waals surface area (Å²) < 4.78 is 5.16. The molecule has 3 rings (SSSR count). The summed E-state index contributed by atoms with van der Waals surface area (Å²) in [5.41, 5.74) is 0.699. The van der Waals surface area contributed by atoms with Gasteiger partial charge >= 0.3 is 5.97 Å². The van der Waals surface area contributed by atoms with Crippen molar-refractivity contribution in [3.8, 4) is 5.75 Å². The van der Waals surface area contributed by atoms with Crippen LogP contribution in [0.1, 0.15) is 12.8 Å². The number of fused-ring (bicyclic) bond motifs is 1. The second kappa shape index (κ2) is 5.32. The molecule has 1 aromatic rings. The van der Waals surface area contributed by atoms with Crippen molar-refractivity contribution in [2.45, 2.75) is 12.8 Å². The predicted octanol–water partition coefficient (Wildman–Crippen LogP) is 1.69. The van der Waals surface area contributed by atoms with Gasteiger partial charge in [-0.15, -0.1) is 0 Å². The Kier molecular flexibility index (Phi) is 3.53. The van der Waals surface area contributed by atoms with Crippen LogP contribution in [0.2, 0.25) is 5.02 Å². The van der Waals surface area contributed by atoms with Gasteiger partial charge in [0.2, 0.25) is 5.91 Å². The molecule has 2 aliphatic heterocycles. The quantitative estimate of drug-likeness (QED) is 0.615. The summed E-state index contributed by atoms with van der Waals surface area (Å²) in [4.78, 5) is 27.4. The molecule has 2 aliphatic rings. The number of halogens is 1. The van der Waals surface area contributed by atoms with Crippen LogP contribution < -0.4 is 9.64 Å². The van der Waals surface area contributed by atoms with E-state index in [2.05, 4.69) is 0 Å². The molecular weight excluding hydrogens is 280 g/mol. The van der Waals surface area contributed by atoms with Crippen LogP contribution in [0.3, 0.4) is 0 Å². The Morgan fingerprint density at radius 2 is 2.05 bits per heavy atom. The van der Waals surface area contributed by atoms with Gasteiger partial charge in [0, 0.05) is 18.1 Å². The summed E-state index contributed by atoms with van der Waals surface area (Å²) in [6.07, 6.45) is 2.10. The van der Waals surface area contributed by atoms with Crippen LogP contribution in [0.15, 0.2) is 18.2 Å². The third-order valence-electron chi connectivity index (χ3n) is 3.59. The van der Waals surface area contributed by atoms with Gasteiger partial charge in [0.25, 0.3) is 0 Å². The number of hydrogen-bond donors (Lipinski definition) is 0. The minimum atomic E-state index is -0.353. The van der Waals surface area contributed by atoms with Gasteiger partial charge < -0.3 is 14.5 Å². The molecule has 1 aromatic carbocycles. The van der Waals surface area contributed by atoms with E-state index < -0.39 is 0 Å². The zero-order chi connectivity index (χ0) is 14.1. The molecule has 1 amide bonds. The summed E-state index contributed by atoms with van der Waals surface area (Å²) in [5, 5.41) is 0.556. The number of amides is 1. The lowest BCUT2D eigenvalue weighted by Gasteiger charge is -2.30. The summed E-state index contributed by atoms with van der Waals surface area (Å²) >= 11 is 5.98. The van der Waals surface area contributed by atoms with Gasteiger partial charge in [-0.25, -0.2) is 4.79 Å². The SMILES string of the molecule is O=C1CN(CC(=O)N2CCCC2)c2cc(Cl)ccc2O1. The van der Waals surface area contributed by atoms with Crippen LogP contribution in [-0.2, 0) is 9.59 Å².